The van der Waals surface area contributed by atoms with Crippen molar-refractivity contribution >= 4 is 49.5 Å². The molecule has 0 unspecified atom stereocenters. The maximum atomic E-state index is 12.7. The number of amides is 1. The van der Waals surface area contributed by atoms with Crippen molar-refractivity contribution in [2.24, 2.45) is 0 Å². The van der Waals surface area contributed by atoms with Crippen molar-refractivity contribution in [3.8, 4) is 0 Å². The molecule has 2 aromatic heterocycles. The van der Waals surface area contributed by atoms with E-state index in [0.29, 0.717) is 10.6 Å². The molecule has 112 valence electrons. The molecule has 1 aliphatic heterocycles. The number of anilines is 1. The van der Waals surface area contributed by atoms with Crippen molar-refractivity contribution in [2.75, 3.05) is 30.3 Å². The summed E-state index contributed by atoms with van der Waals surface area (Å²) >= 11 is 1.35. The Hall–Kier alpha value is -1.47. The van der Waals surface area contributed by atoms with Gasteiger partial charge in [0, 0.05) is 30.0 Å². The normalized spacial score (nSPS) is 16.6. The van der Waals surface area contributed by atoms with Gasteiger partial charge >= 0.3 is 0 Å². The van der Waals surface area contributed by atoms with Crippen molar-refractivity contribution in [1.82, 2.24) is 15.1 Å². The van der Waals surface area contributed by atoms with Crippen LogP contribution in [0, 0.1) is 13.8 Å². The molecule has 1 fully saturated rings. The van der Waals surface area contributed by atoms with Gasteiger partial charge in [0.25, 0.3) is 5.91 Å². The second-order valence-corrected chi connectivity index (χ2v) is 8.29. The zero-order valence-corrected chi connectivity index (χ0v) is 13.8. The van der Waals surface area contributed by atoms with Crippen LogP contribution in [0.5, 0.6) is 0 Å². The molecule has 0 radical (unpaired) electrons. The van der Waals surface area contributed by atoms with Gasteiger partial charge < -0.3 is 10.6 Å². The molecular formula is C14H18N4OS2. The maximum absolute atomic E-state index is 12.7. The molecule has 2 N–H and O–H groups in total. The number of thiophene rings is 1. The van der Waals surface area contributed by atoms with E-state index in [1.54, 1.807) is 0 Å². The fourth-order valence-electron chi connectivity index (χ4n) is 2.44. The number of carbonyl (C=O) groups is 1. The summed E-state index contributed by atoms with van der Waals surface area (Å²) in [5.74, 6) is 6.07. The minimum Gasteiger partial charge on any atom is -0.397 e. The van der Waals surface area contributed by atoms with E-state index in [1.807, 2.05) is 18.7 Å². The van der Waals surface area contributed by atoms with Crippen LogP contribution in [0.4, 0.5) is 5.69 Å². The van der Waals surface area contributed by atoms with Gasteiger partial charge in [-0.3, -0.25) is 4.79 Å². The number of fused-ring (bicyclic) bond motifs is 1. The standard InChI is InChI=1S/C14H18N4OS2/c1-8-9(2)16-17-13-10(8)11(15)12(20-13)14(19)18-4-6-21(3)7-5-18/h3-7,15H2,1-2H3. The number of nitrogen functional groups attached to an aromatic ring is 1. The Kier molecular flexibility index (Phi) is 3.71. The summed E-state index contributed by atoms with van der Waals surface area (Å²) in [6.45, 7) is 5.41. The van der Waals surface area contributed by atoms with Gasteiger partial charge in [0.05, 0.1) is 11.4 Å². The number of aromatic nitrogens is 2. The molecule has 5 nitrogen and oxygen atoms in total. The molecule has 0 aliphatic carbocycles. The molecule has 3 heterocycles. The molecule has 1 aliphatic rings. The van der Waals surface area contributed by atoms with E-state index in [1.165, 1.54) is 11.3 Å². The van der Waals surface area contributed by atoms with Gasteiger partial charge in [0.1, 0.15) is 9.71 Å². The first-order chi connectivity index (χ1) is 9.99. The summed E-state index contributed by atoms with van der Waals surface area (Å²) in [7, 11) is 0.195. The van der Waals surface area contributed by atoms with Gasteiger partial charge in [0.2, 0.25) is 0 Å². The number of nitrogens with zero attached hydrogens (tertiary/aromatic N) is 3. The Morgan fingerprint density at radius 1 is 1.33 bits per heavy atom. The summed E-state index contributed by atoms with van der Waals surface area (Å²) in [5.41, 5.74) is 8.64. The summed E-state index contributed by atoms with van der Waals surface area (Å²) in [4.78, 5) is 15.9. The number of carbonyl (C=O) groups excluding carboxylic acids is 1. The van der Waals surface area contributed by atoms with E-state index in [-0.39, 0.29) is 16.4 Å². The predicted molar refractivity (Wildman–Crippen MR) is 91.7 cm³/mol. The van der Waals surface area contributed by atoms with Crippen LogP contribution in [0.3, 0.4) is 0 Å². The maximum Gasteiger partial charge on any atom is 0.266 e. The highest BCUT2D eigenvalue weighted by Gasteiger charge is 2.25. The van der Waals surface area contributed by atoms with Gasteiger partial charge in [-0.05, 0) is 19.4 Å². The monoisotopic (exact) mass is 322 g/mol. The lowest BCUT2D eigenvalue weighted by atomic mass is 10.1. The summed E-state index contributed by atoms with van der Waals surface area (Å²) < 4.78 is 0. The third-order valence-corrected chi connectivity index (χ3v) is 6.51. The molecule has 2 aromatic rings. The second-order valence-electron chi connectivity index (χ2n) is 5.25. The quantitative estimate of drug-likeness (QED) is 0.816. The smallest absolute Gasteiger partial charge is 0.266 e. The summed E-state index contributed by atoms with van der Waals surface area (Å²) in [6, 6.07) is 0. The molecule has 0 bridgehead atoms. The van der Waals surface area contributed by atoms with Crippen molar-refractivity contribution < 1.29 is 4.79 Å². The number of rotatable bonds is 1. The fourth-order valence-corrected chi connectivity index (χ4v) is 4.67. The number of hydrogen-bond acceptors (Lipinski definition) is 5. The fraction of sp³-hybridized carbons (Fsp3) is 0.429. The van der Waals surface area contributed by atoms with Crippen LogP contribution < -0.4 is 5.73 Å². The third-order valence-electron chi connectivity index (χ3n) is 3.92. The highest BCUT2D eigenvalue weighted by atomic mass is 32.2. The van der Waals surface area contributed by atoms with E-state index in [2.05, 4.69) is 16.1 Å². The van der Waals surface area contributed by atoms with E-state index in [4.69, 9.17) is 5.73 Å². The summed E-state index contributed by atoms with van der Waals surface area (Å²) in [6.07, 6.45) is 0. The van der Waals surface area contributed by atoms with Gasteiger partial charge in [-0.15, -0.1) is 16.4 Å². The Bertz CT molecular complexity index is 743. The molecule has 1 amide bonds. The molecule has 7 heteroatoms. The molecule has 0 spiro atoms. The van der Waals surface area contributed by atoms with E-state index >= 15 is 0 Å². The van der Waals surface area contributed by atoms with Crippen molar-refractivity contribution in [3.05, 3.63) is 16.1 Å². The average molecular weight is 322 g/mol. The highest BCUT2D eigenvalue weighted by Crippen LogP contribution is 2.36. The zero-order valence-electron chi connectivity index (χ0n) is 12.2. The topological polar surface area (TPSA) is 72.1 Å². The van der Waals surface area contributed by atoms with Crippen LogP contribution in [-0.2, 0) is 0 Å². The van der Waals surface area contributed by atoms with Crippen molar-refractivity contribution in [2.45, 2.75) is 13.8 Å². The van der Waals surface area contributed by atoms with Crippen molar-refractivity contribution in [1.29, 1.82) is 0 Å². The lowest BCUT2D eigenvalue weighted by molar-refractivity contribution is 0.0778. The Labute approximate surface area is 130 Å². The number of hydrogen-bond donors (Lipinski definition) is 1. The van der Waals surface area contributed by atoms with E-state index < -0.39 is 0 Å². The van der Waals surface area contributed by atoms with Crippen LogP contribution >= 0.6 is 21.8 Å². The van der Waals surface area contributed by atoms with Crippen LogP contribution in [0.1, 0.15) is 20.9 Å². The lowest BCUT2D eigenvalue weighted by Crippen LogP contribution is -2.38. The van der Waals surface area contributed by atoms with E-state index in [9.17, 15) is 4.79 Å². The largest absolute Gasteiger partial charge is 0.397 e. The van der Waals surface area contributed by atoms with E-state index in [0.717, 1.165) is 46.1 Å². The Morgan fingerprint density at radius 3 is 2.67 bits per heavy atom. The zero-order chi connectivity index (χ0) is 15.1. The first-order valence-electron chi connectivity index (χ1n) is 6.77. The number of aryl methyl sites for hydroxylation is 2. The summed E-state index contributed by atoms with van der Waals surface area (Å²) in [5, 5.41) is 9.17. The number of nitrogens with two attached hydrogens (primary N) is 1. The first-order valence-corrected chi connectivity index (χ1v) is 9.32. The Morgan fingerprint density at radius 2 is 2.00 bits per heavy atom. The van der Waals surface area contributed by atoms with Crippen molar-refractivity contribution in [3.63, 3.8) is 0 Å². The molecule has 21 heavy (non-hydrogen) atoms. The highest BCUT2D eigenvalue weighted by molar-refractivity contribution is 8.14. The van der Waals surface area contributed by atoms with Gasteiger partial charge in [-0.1, -0.05) is 5.87 Å². The molecule has 1 saturated heterocycles. The van der Waals surface area contributed by atoms with Crippen LogP contribution in [0.15, 0.2) is 0 Å². The molecule has 0 aromatic carbocycles. The molecule has 3 rings (SSSR count). The first kappa shape index (κ1) is 14.5. The Balaban J connectivity index is 2.01. The van der Waals surface area contributed by atoms with Gasteiger partial charge in [-0.2, -0.15) is 15.6 Å². The van der Waals surface area contributed by atoms with Gasteiger partial charge in [-0.25, -0.2) is 0 Å². The lowest BCUT2D eigenvalue weighted by Gasteiger charge is -2.28. The molecule has 0 saturated carbocycles. The van der Waals surface area contributed by atoms with Crippen LogP contribution in [0.2, 0.25) is 0 Å². The predicted octanol–water partition coefficient (Wildman–Crippen LogP) is 2.05. The van der Waals surface area contributed by atoms with Crippen LogP contribution in [0.25, 0.3) is 10.2 Å². The minimum absolute atomic E-state index is 0.0178. The SMILES string of the molecule is C=S1CCN(C(=O)c2sc3nnc(C)c(C)c3c2N)CC1. The minimum atomic E-state index is 0.0178. The molecule has 0 atom stereocenters. The third kappa shape index (κ3) is 2.44. The molecular weight excluding hydrogens is 304 g/mol. The van der Waals surface area contributed by atoms with Crippen LogP contribution in [-0.4, -0.2) is 51.5 Å². The van der Waals surface area contributed by atoms with Gasteiger partial charge in [0.15, 0.2) is 0 Å². The average Bonchev–Trinajstić information content (AvgIpc) is 2.81. The second kappa shape index (κ2) is 5.38.